The number of benzene rings is 8. The molecule has 0 aliphatic heterocycles. The van der Waals surface area contributed by atoms with Gasteiger partial charge in [0.15, 0.2) is 0 Å². The van der Waals surface area contributed by atoms with Crippen molar-refractivity contribution in [2.75, 3.05) is 0 Å². The molecule has 0 saturated heterocycles. The number of hydrogen-bond acceptors (Lipinski definition) is 4. The van der Waals surface area contributed by atoms with Crippen LogP contribution in [-0.2, 0) is 0 Å². The summed E-state index contributed by atoms with van der Waals surface area (Å²) in [5, 5.41) is 8.69. The molecule has 0 amide bonds. The second-order valence-electron chi connectivity index (χ2n) is 13.8. The molecule has 0 spiro atoms. The highest BCUT2D eigenvalue weighted by Gasteiger charge is 2.32. The molecule has 13 rings (SSSR count). The van der Waals surface area contributed by atoms with Crippen LogP contribution >= 0.6 is 0 Å². The Bertz CT molecular complexity index is 3060. The molecule has 1 aliphatic rings. The summed E-state index contributed by atoms with van der Waals surface area (Å²) in [5.41, 5.74) is 15.9. The molecule has 12 aromatic rings. The van der Waals surface area contributed by atoms with Crippen LogP contribution in [0.3, 0.4) is 0 Å². The lowest BCUT2D eigenvalue weighted by Crippen LogP contribution is -1.99. The van der Waals surface area contributed by atoms with E-state index in [1.165, 1.54) is 0 Å². The topological polar surface area (TPSA) is 52.6 Å². The standard InChI is InChI=1S/C48H24O4/c1-5-13-33-29(9-1)41-37(49-33)21-17-25-26-18-22-39-43(31-11-3-7-15-35(31)51-39)47(26)48-28(20-24-40-44(48)32-12-4-8-16-36(32)52-40)27-19-23-38-42(46(27)45(25)41)30-10-2-6-14-34(30)50-38/h1-24H. The van der Waals surface area contributed by atoms with Gasteiger partial charge in [0, 0.05) is 65.3 Å². The maximum Gasteiger partial charge on any atom is 0.136 e. The first-order chi connectivity index (χ1) is 25.8. The van der Waals surface area contributed by atoms with Crippen LogP contribution in [0.4, 0.5) is 0 Å². The fraction of sp³-hybridized carbons (Fsp3) is 0. The average molecular weight is 665 g/mol. The number of para-hydroxylation sites is 4. The Morgan fingerprint density at radius 3 is 0.692 bits per heavy atom. The van der Waals surface area contributed by atoms with Crippen LogP contribution in [0.25, 0.3) is 132 Å². The van der Waals surface area contributed by atoms with E-state index in [0.717, 1.165) is 132 Å². The van der Waals surface area contributed by atoms with Gasteiger partial charge in [-0.25, -0.2) is 0 Å². The predicted molar refractivity (Wildman–Crippen MR) is 211 cm³/mol. The van der Waals surface area contributed by atoms with E-state index in [1.54, 1.807) is 0 Å². The van der Waals surface area contributed by atoms with Crippen molar-refractivity contribution in [3.63, 3.8) is 0 Å². The molecule has 52 heavy (non-hydrogen) atoms. The summed E-state index contributed by atoms with van der Waals surface area (Å²) in [5.74, 6) is 0. The Morgan fingerprint density at radius 1 is 0.212 bits per heavy atom. The molecule has 0 saturated carbocycles. The van der Waals surface area contributed by atoms with E-state index in [0.29, 0.717) is 0 Å². The van der Waals surface area contributed by atoms with Crippen LogP contribution in [0.5, 0.6) is 0 Å². The lowest BCUT2D eigenvalue weighted by atomic mass is 9.76. The Hall–Kier alpha value is -7.04. The first-order valence-corrected chi connectivity index (χ1v) is 17.6. The Morgan fingerprint density at radius 2 is 0.442 bits per heavy atom. The lowest BCUT2D eigenvalue weighted by Gasteiger charge is -2.25. The van der Waals surface area contributed by atoms with Gasteiger partial charge >= 0.3 is 0 Å². The van der Waals surface area contributed by atoms with Crippen molar-refractivity contribution < 1.29 is 17.7 Å². The Balaban J connectivity index is 1.37. The zero-order chi connectivity index (χ0) is 33.7. The van der Waals surface area contributed by atoms with Crippen LogP contribution in [0.1, 0.15) is 0 Å². The summed E-state index contributed by atoms with van der Waals surface area (Å²) in [6, 6.07) is 51.0. The lowest BCUT2D eigenvalue weighted by molar-refractivity contribution is 0.668. The molecule has 0 N–H and O–H groups in total. The Kier molecular flexibility index (Phi) is 4.83. The van der Waals surface area contributed by atoms with Gasteiger partial charge in [-0.15, -0.1) is 0 Å². The molecular weight excluding hydrogens is 641 g/mol. The quantitative estimate of drug-likeness (QED) is 0.162. The van der Waals surface area contributed by atoms with Crippen LogP contribution in [0.15, 0.2) is 163 Å². The predicted octanol–water partition coefficient (Wildman–Crippen LogP) is 14.3. The van der Waals surface area contributed by atoms with Crippen molar-refractivity contribution >= 4 is 87.8 Å². The number of hydrogen-bond donors (Lipinski definition) is 0. The van der Waals surface area contributed by atoms with E-state index < -0.39 is 0 Å². The molecule has 4 heteroatoms. The van der Waals surface area contributed by atoms with Gasteiger partial charge in [0.2, 0.25) is 0 Å². The van der Waals surface area contributed by atoms with E-state index in [1.807, 2.05) is 24.3 Å². The minimum atomic E-state index is 0.851. The summed E-state index contributed by atoms with van der Waals surface area (Å²) < 4.78 is 26.4. The number of fused-ring (bicyclic) bond motifs is 24. The average Bonchev–Trinajstić information content (AvgIpc) is 3.96. The SMILES string of the molecule is c1ccc2c(c1)oc1ccc3c(c12)-c1c(ccc2oc4ccccc4c12)-c1ccc2oc4ccccc4c2c1-c1c-3ccc2oc3ccccc3c12. The van der Waals surface area contributed by atoms with Gasteiger partial charge in [0.25, 0.3) is 0 Å². The molecule has 4 nitrogen and oxygen atoms in total. The van der Waals surface area contributed by atoms with E-state index in [-0.39, 0.29) is 0 Å². The molecule has 8 aromatic carbocycles. The van der Waals surface area contributed by atoms with Crippen molar-refractivity contribution in [2.24, 2.45) is 0 Å². The zero-order valence-corrected chi connectivity index (χ0v) is 27.5. The maximum atomic E-state index is 6.60. The van der Waals surface area contributed by atoms with Crippen molar-refractivity contribution in [2.45, 2.75) is 0 Å². The molecule has 0 fully saturated rings. The largest absolute Gasteiger partial charge is 0.456 e. The molecule has 240 valence electrons. The van der Waals surface area contributed by atoms with Gasteiger partial charge in [0.05, 0.1) is 0 Å². The maximum absolute atomic E-state index is 6.60. The van der Waals surface area contributed by atoms with Gasteiger partial charge < -0.3 is 17.7 Å². The molecule has 4 aromatic heterocycles. The first kappa shape index (κ1) is 26.8. The van der Waals surface area contributed by atoms with Gasteiger partial charge in [0.1, 0.15) is 44.7 Å². The minimum absolute atomic E-state index is 0.851. The third-order valence-corrected chi connectivity index (χ3v) is 11.3. The molecule has 1 aliphatic carbocycles. The van der Waals surface area contributed by atoms with Crippen LogP contribution < -0.4 is 0 Å². The van der Waals surface area contributed by atoms with Crippen molar-refractivity contribution in [3.8, 4) is 44.5 Å². The van der Waals surface area contributed by atoms with Crippen molar-refractivity contribution in [3.05, 3.63) is 146 Å². The molecule has 0 radical (unpaired) electrons. The number of rotatable bonds is 0. The summed E-state index contributed by atoms with van der Waals surface area (Å²) in [4.78, 5) is 0. The summed E-state index contributed by atoms with van der Waals surface area (Å²) in [7, 11) is 0. The highest BCUT2D eigenvalue weighted by Crippen LogP contribution is 2.58. The molecular formula is C48H24O4. The van der Waals surface area contributed by atoms with Gasteiger partial charge in [-0.1, -0.05) is 72.8 Å². The van der Waals surface area contributed by atoms with Crippen molar-refractivity contribution in [1.82, 2.24) is 0 Å². The Labute approximate surface area is 294 Å². The normalized spacial score (nSPS) is 12.6. The van der Waals surface area contributed by atoms with E-state index in [9.17, 15) is 0 Å². The van der Waals surface area contributed by atoms with Crippen LogP contribution in [0.2, 0.25) is 0 Å². The second kappa shape index (κ2) is 9.39. The number of furan rings is 4. The third-order valence-electron chi connectivity index (χ3n) is 11.3. The first-order valence-electron chi connectivity index (χ1n) is 17.6. The van der Waals surface area contributed by atoms with Gasteiger partial charge in [-0.2, -0.15) is 0 Å². The monoisotopic (exact) mass is 664 g/mol. The molecule has 0 bridgehead atoms. The van der Waals surface area contributed by atoms with E-state index in [4.69, 9.17) is 17.7 Å². The van der Waals surface area contributed by atoms with E-state index in [2.05, 4.69) is 121 Å². The van der Waals surface area contributed by atoms with Crippen LogP contribution in [0, 0.1) is 0 Å². The minimum Gasteiger partial charge on any atom is -0.456 e. The summed E-state index contributed by atoms with van der Waals surface area (Å²) in [6.07, 6.45) is 0. The highest BCUT2D eigenvalue weighted by molar-refractivity contribution is 6.31. The van der Waals surface area contributed by atoms with Gasteiger partial charge in [-0.3, -0.25) is 0 Å². The molecule has 4 heterocycles. The van der Waals surface area contributed by atoms with E-state index >= 15 is 0 Å². The molecule has 0 unspecified atom stereocenters. The van der Waals surface area contributed by atoms with Gasteiger partial charge in [-0.05, 0) is 95.1 Å². The molecule has 0 atom stereocenters. The summed E-state index contributed by atoms with van der Waals surface area (Å²) >= 11 is 0. The fourth-order valence-electron chi connectivity index (χ4n) is 9.20. The van der Waals surface area contributed by atoms with Crippen molar-refractivity contribution in [1.29, 1.82) is 0 Å². The zero-order valence-electron chi connectivity index (χ0n) is 27.5. The third kappa shape index (κ3) is 3.23. The smallest absolute Gasteiger partial charge is 0.136 e. The van der Waals surface area contributed by atoms with Crippen LogP contribution in [-0.4, -0.2) is 0 Å². The summed E-state index contributed by atoms with van der Waals surface area (Å²) in [6.45, 7) is 0. The highest BCUT2D eigenvalue weighted by atomic mass is 16.3. The fourth-order valence-corrected chi connectivity index (χ4v) is 9.20. The second-order valence-corrected chi connectivity index (χ2v) is 13.8.